The summed E-state index contributed by atoms with van der Waals surface area (Å²) in [5.74, 6) is 1.21. The molecule has 0 saturated heterocycles. The maximum absolute atomic E-state index is 12.2. The van der Waals surface area contributed by atoms with Crippen LogP contribution in [0, 0.1) is 26.3 Å². The molecular formula is C33H36N4O7. The highest BCUT2D eigenvalue weighted by atomic mass is 16.6. The van der Waals surface area contributed by atoms with Crippen LogP contribution in [0.1, 0.15) is 36.4 Å². The fourth-order valence-electron chi connectivity index (χ4n) is 3.60. The predicted molar refractivity (Wildman–Crippen MR) is 163 cm³/mol. The standard InChI is InChI=1S/C24H27N3O6.C9H9NO/c1-16(2)14-32-24(30)27(13-22(28)29)12-18-6-10-20(11-7-18)31-15-21-25-23(33-26-21)19-8-4-17(3)5-9-19;1-8-3-5-9(6-4-8)11-7-10-2/h4-11,16H,12-15H2,1-3H3,(H,28,29);3-6H,7H2,1H3. The molecule has 0 aliphatic carbocycles. The predicted octanol–water partition coefficient (Wildman–Crippen LogP) is 6.55. The summed E-state index contributed by atoms with van der Waals surface area (Å²) in [6.07, 6.45) is -0.659. The first-order valence-electron chi connectivity index (χ1n) is 13.9. The van der Waals surface area contributed by atoms with Crippen molar-refractivity contribution in [2.75, 3.05) is 19.9 Å². The van der Waals surface area contributed by atoms with Gasteiger partial charge in [-0.1, -0.05) is 66.5 Å². The van der Waals surface area contributed by atoms with Crippen LogP contribution in [0.15, 0.2) is 77.3 Å². The zero-order valence-electron chi connectivity index (χ0n) is 25.2. The Morgan fingerprint density at radius 2 is 1.52 bits per heavy atom. The van der Waals surface area contributed by atoms with E-state index in [-0.39, 0.29) is 32.4 Å². The molecule has 0 saturated carbocycles. The summed E-state index contributed by atoms with van der Waals surface area (Å²) >= 11 is 0. The van der Waals surface area contributed by atoms with Gasteiger partial charge in [-0.15, -0.1) is 0 Å². The molecule has 0 spiro atoms. The molecule has 44 heavy (non-hydrogen) atoms. The summed E-state index contributed by atoms with van der Waals surface area (Å²) in [5, 5.41) is 13.0. The third kappa shape index (κ3) is 11.5. The lowest BCUT2D eigenvalue weighted by atomic mass is 10.1. The average molecular weight is 601 g/mol. The van der Waals surface area contributed by atoms with Crippen LogP contribution in [0.3, 0.4) is 0 Å². The van der Waals surface area contributed by atoms with Gasteiger partial charge in [0, 0.05) is 12.1 Å². The van der Waals surface area contributed by atoms with E-state index in [0.717, 1.165) is 27.3 Å². The number of carbonyl (C=O) groups excluding carboxylic acids is 1. The van der Waals surface area contributed by atoms with Crippen molar-refractivity contribution in [1.82, 2.24) is 15.0 Å². The third-order valence-electron chi connectivity index (χ3n) is 5.87. The van der Waals surface area contributed by atoms with Crippen molar-refractivity contribution in [3.63, 3.8) is 0 Å². The number of nitrogens with zero attached hydrogens (tertiary/aromatic N) is 4. The molecule has 3 aromatic carbocycles. The number of carbonyl (C=O) groups is 2. The minimum atomic E-state index is -1.11. The quantitative estimate of drug-likeness (QED) is 0.180. The first-order chi connectivity index (χ1) is 21.1. The smallest absolute Gasteiger partial charge is 0.410 e. The van der Waals surface area contributed by atoms with E-state index in [1.165, 1.54) is 5.56 Å². The average Bonchev–Trinajstić information content (AvgIpc) is 3.48. The van der Waals surface area contributed by atoms with Crippen LogP contribution in [-0.4, -0.2) is 52.1 Å². The van der Waals surface area contributed by atoms with Gasteiger partial charge in [0.05, 0.1) is 6.61 Å². The molecule has 0 aliphatic heterocycles. The number of carboxylic acid groups (broad SMARTS) is 1. The van der Waals surface area contributed by atoms with Gasteiger partial charge < -0.3 is 23.8 Å². The fraction of sp³-hybridized carbons (Fsp3) is 0.303. The molecule has 0 fully saturated rings. The van der Waals surface area contributed by atoms with Crippen molar-refractivity contribution in [3.05, 3.63) is 107 Å². The van der Waals surface area contributed by atoms with Crippen molar-refractivity contribution >= 4 is 12.1 Å². The fourth-order valence-corrected chi connectivity index (χ4v) is 3.60. The number of aromatic nitrogens is 2. The largest absolute Gasteiger partial charge is 0.485 e. The Morgan fingerprint density at radius 3 is 2.11 bits per heavy atom. The summed E-state index contributed by atoms with van der Waals surface area (Å²) in [6.45, 7) is 14.4. The van der Waals surface area contributed by atoms with E-state index in [1.807, 2.05) is 76.2 Å². The van der Waals surface area contributed by atoms with Crippen molar-refractivity contribution in [3.8, 4) is 23.0 Å². The summed E-state index contributed by atoms with van der Waals surface area (Å²) in [7, 11) is 0. The molecule has 11 heteroatoms. The van der Waals surface area contributed by atoms with E-state index in [4.69, 9.17) is 30.4 Å². The van der Waals surface area contributed by atoms with Crippen LogP contribution in [0.2, 0.25) is 0 Å². The normalized spacial score (nSPS) is 10.3. The highest BCUT2D eigenvalue weighted by Crippen LogP contribution is 2.19. The molecular weight excluding hydrogens is 564 g/mol. The second-order valence-electron chi connectivity index (χ2n) is 10.3. The summed E-state index contributed by atoms with van der Waals surface area (Å²) in [4.78, 5) is 31.9. The molecule has 4 rings (SSSR count). The van der Waals surface area contributed by atoms with Crippen molar-refractivity contribution < 1.29 is 33.4 Å². The molecule has 0 unspecified atom stereocenters. The van der Waals surface area contributed by atoms with Crippen LogP contribution < -0.4 is 9.47 Å². The molecule has 230 valence electrons. The molecule has 0 radical (unpaired) electrons. The van der Waals surface area contributed by atoms with Gasteiger partial charge in [-0.3, -0.25) is 14.5 Å². The molecule has 1 aromatic heterocycles. The van der Waals surface area contributed by atoms with Gasteiger partial charge in [-0.2, -0.15) is 4.98 Å². The van der Waals surface area contributed by atoms with Crippen molar-refractivity contribution in [2.24, 2.45) is 5.92 Å². The first-order valence-corrected chi connectivity index (χ1v) is 13.9. The molecule has 11 nitrogen and oxygen atoms in total. The topological polar surface area (TPSA) is 129 Å². The molecule has 0 atom stereocenters. The summed E-state index contributed by atoms with van der Waals surface area (Å²) < 4.78 is 21.2. The minimum absolute atomic E-state index is 0.100. The Bertz CT molecular complexity index is 1510. The Balaban J connectivity index is 0.000000404. The van der Waals surface area contributed by atoms with Crippen LogP contribution in [0.4, 0.5) is 4.79 Å². The van der Waals surface area contributed by atoms with Crippen LogP contribution >= 0.6 is 0 Å². The van der Waals surface area contributed by atoms with Crippen molar-refractivity contribution in [1.29, 1.82) is 0 Å². The van der Waals surface area contributed by atoms with Crippen molar-refractivity contribution in [2.45, 2.75) is 40.8 Å². The number of hydrogen-bond acceptors (Lipinski definition) is 8. The highest BCUT2D eigenvalue weighted by molar-refractivity contribution is 5.76. The zero-order valence-corrected chi connectivity index (χ0v) is 25.2. The highest BCUT2D eigenvalue weighted by Gasteiger charge is 2.19. The number of aryl methyl sites for hydroxylation is 2. The van der Waals surface area contributed by atoms with Gasteiger partial charge in [0.15, 0.2) is 6.61 Å². The van der Waals surface area contributed by atoms with Gasteiger partial charge in [0.1, 0.15) is 18.0 Å². The molecule has 0 aliphatic rings. The maximum atomic E-state index is 12.2. The molecule has 4 aromatic rings. The monoisotopic (exact) mass is 600 g/mol. The lowest BCUT2D eigenvalue weighted by Crippen LogP contribution is -2.36. The Labute approximate surface area is 256 Å². The SMILES string of the molecule is Cc1ccc(-c2nc(COc3ccc(CN(CC(=O)O)C(=O)OCC(C)C)cc3)no2)cc1.[C-]#[N+]COc1ccc(C)cc1. The number of carboxylic acids is 1. The maximum Gasteiger partial charge on any atom is 0.410 e. The number of aliphatic carboxylic acids is 1. The second kappa shape index (κ2) is 16.9. The van der Waals surface area contributed by atoms with E-state index < -0.39 is 18.6 Å². The lowest BCUT2D eigenvalue weighted by Gasteiger charge is -2.21. The number of benzene rings is 3. The number of ether oxygens (including phenoxy) is 3. The summed E-state index contributed by atoms with van der Waals surface area (Å²) in [6, 6.07) is 22.4. The Hall–Kier alpha value is -5.37. The number of amides is 1. The van der Waals surface area contributed by atoms with Crippen LogP contribution in [0.25, 0.3) is 16.3 Å². The molecule has 1 N–H and O–H groups in total. The van der Waals surface area contributed by atoms with Crippen LogP contribution in [-0.2, 0) is 22.7 Å². The second-order valence-corrected chi connectivity index (χ2v) is 10.3. The third-order valence-corrected chi connectivity index (χ3v) is 5.87. The van der Waals surface area contributed by atoms with E-state index in [1.54, 1.807) is 24.3 Å². The lowest BCUT2D eigenvalue weighted by molar-refractivity contribution is -0.138. The number of rotatable bonds is 12. The van der Waals surface area contributed by atoms with Gasteiger partial charge in [-0.05, 0) is 61.7 Å². The molecule has 1 amide bonds. The van der Waals surface area contributed by atoms with Gasteiger partial charge >= 0.3 is 18.8 Å². The Morgan fingerprint density at radius 1 is 0.932 bits per heavy atom. The number of hydrogen-bond donors (Lipinski definition) is 1. The van der Waals surface area contributed by atoms with Crippen LogP contribution in [0.5, 0.6) is 11.5 Å². The molecule has 1 heterocycles. The Kier molecular flexibility index (Phi) is 12.7. The zero-order chi connectivity index (χ0) is 31.9. The van der Waals surface area contributed by atoms with Gasteiger partial charge in [-0.25, -0.2) is 11.4 Å². The first kappa shape index (κ1) is 33.1. The van der Waals surface area contributed by atoms with E-state index in [0.29, 0.717) is 17.5 Å². The van der Waals surface area contributed by atoms with Gasteiger partial charge in [0.2, 0.25) is 5.82 Å². The van der Waals surface area contributed by atoms with Gasteiger partial charge in [0.25, 0.3) is 5.89 Å². The van der Waals surface area contributed by atoms with E-state index in [9.17, 15) is 9.59 Å². The minimum Gasteiger partial charge on any atom is -0.485 e. The van der Waals surface area contributed by atoms with E-state index in [2.05, 4.69) is 15.0 Å². The summed E-state index contributed by atoms with van der Waals surface area (Å²) in [5.41, 5.74) is 3.91. The van der Waals surface area contributed by atoms with E-state index >= 15 is 0 Å². The molecule has 0 bridgehead atoms.